The van der Waals surface area contributed by atoms with E-state index in [1.54, 1.807) is 36.1 Å². The van der Waals surface area contributed by atoms with E-state index in [0.29, 0.717) is 61.7 Å². The van der Waals surface area contributed by atoms with E-state index in [0.717, 1.165) is 18.3 Å². The zero-order chi connectivity index (χ0) is 33.7. The normalized spacial score (nSPS) is 19.9. The van der Waals surface area contributed by atoms with Gasteiger partial charge in [-0.3, -0.25) is 14.6 Å². The number of piperidine rings is 2. The van der Waals surface area contributed by atoms with Gasteiger partial charge >= 0.3 is 12.1 Å². The van der Waals surface area contributed by atoms with Crippen molar-refractivity contribution >= 4 is 46.6 Å². The molecule has 48 heavy (non-hydrogen) atoms. The molecule has 2 fully saturated rings. The molecule has 0 amide bonds. The molecule has 256 valence electrons. The molecule has 2 N–H and O–H groups in total. The molecule has 0 unspecified atom stereocenters. The third-order valence-corrected chi connectivity index (χ3v) is 9.62. The molecule has 4 aromatic rings. The molecular weight excluding hydrogens is 674 g/mol. The molecule has 0 aliphatic carbocycles. The summed E-state index contributed by atoms with van der Waals surface area (Å²) < 4.78 is 52.1. The largest absolute Gasteiger partial charge is 0.507 e. The molecule has 14 heteroatoms. The van der Waals surface area contributed by atoms with Crippen LogP contribution < -0.4 is 10.3 Å². The number of hydrogen-bond donors (Lipinski definition) is 2. The number of nitrogens with zero attached hydrogens (tertiary/aromatic N) is 3. The first-order valence-corrected chi connectivity index (χ1v) is 15.6. The van der Waals surface area contributed by atoms with Gasteiger partial charge in [0.15, 0.2) is 5.43 Å². The van der Waals surface area contributed by atoms with E-state index in [1.165, 1.54) is 12.1 Å². The Bertz CT molecular complexity index is 1890. The van der Waals surface area contributed by atoms with Crippen LogP contribution in [-0.2, 0) is 15.7 Å². The average molecular weight is 709 g/mol. The zero-order valence-electron chi connectivity index (χ0n) is 26.1. The monoisotopic (exact) mass is 707 g/mol. The van der Waals surface area contributed by atoms with Crippen molar-refractivity contribution in [2.24, 2.45) is 5.41 Å². The highest BCUT2D eigenvalue weighted by molar-refractivity contribution is 6.33. The molecule has 2 saturated heterocycles. The molecule has 2 aliphatic rings. The van der Waals surface area contributed by atoms with E-state index in [-0.39, 0.29) is 40.4 Å². The Morgan fingerprint density at radius 2 is 1.79 bits per heavy atom. The number of carbonyl (C=O) groups excluding carboxylic acids is 1. The van der Waals surface area contributed by atoms with Crippen molar-refractivity contribution in [3.05, 3.63) is 81.2 Å². The molecule has 0 saturated carbocycles. The van der Waals surface area contributed by atoms with Crippen LogP contribution >= 0.6 is 24.0 Å². The number of phenolic OH excluding ortho intramolecular Hbond substituents is 2. The lowest BCUT2D eigenvalue weighted by Crippen LogP contribution is -2.48. The highest BCUT2D eigenvalue weighted by Crippen LogP contribution is 2.45. The number of pyridine rings is 1. The SMILES string of the molecule is CN1CC[C@H](c2c(O)cc(O)c3c(=O)cc(-c4ccccc4Cl)oc23)[C@H](OC(=O)C2(C)CCN(c3ccnc(C(F)(F)F)c3)CC2)C1.Cl. The Morgan fingerprint density at radius 3 is 2.48 bits per heavy atom. The van der Waals surface area contributed by atoms with Gasteiger partial charge in [0.1, 0.15) is 40.0 Å². The van der Waals surface area contributed by atoms with Crippen LogP contribution in [0.1, 0.15) is 43.4 Å². The van der Waals surface area contributed by atoms with Gasteiger partial charge in [-0.25, -0.2) is 0 Å². The molecule has 2 aromatic heterocycles. The summed E-state index contributed by atoms with van der Waals surface area (Å²) in [5.74, 6) is -1.66. The average Bonchev–Trinajstić information content (AvgIpc) is 3.02. The first-order valence-electron chi connectivity index (χ1n) is 15.2. The predicted octanol–water partition coefficient (Wildman–Crippen LogP) is 7.00. The number of benzene rings is 2. The van der Waals surface area contributed by atoms with Crippen molar-refractivity contribution in [2.45, 2.75) is 44.4 Å². The van der Waals surface area contributed by atoms with Gasteiger partial charge in [0.05, 0.1) is 10.4 Å². The van der Waals surface area contributed by atoms with Crippen LogP contribution in [0.2, 0.25) is 5.02 Å². The molecule has 4 heterocycles. The van der Waals surface area contributed by atoms with Gasteiger partial charge in [0.25, 0.3) is 0 Å². The summed E-state index contributed by atoms with van der Waals surface area (Å²) in [6.07, 6.45) is -3.07. The number of anilines is 1. The molecule has 0 spiro atoms. The van der Waals surface area contributed by atoms with E-state index in [1.807, 2.05) is 11.9 Å². The molecule has 0 radical (unpaired) electrons. The lowest BCUT2D eigenvalue weighted by molar-refractivity contribution is -0.165. The van der Waals surface area contributed by atoms with Crippen molar-refractivity contribution in [3.8, 4) is 22.8 Å². The topological polar surface area (TPSA) is 116 Å². The van der Waals surface area contributed by atoms with Crippen molar-refractivity contribution < 1.29 is 37.3 Å². The number of likely N-dealkylation sites (N-methyl/N-ethyl adjacent to an activating group) is 1. The number of aromatic nitrogens is 1. The number of rotatable bonds is 5. The summed E-state index contributed by atoms with van der Waals surface area (Å²) in [7, 11) is 1.88. The van der Waals surface area contributed by atoms with Crippen molar-refractivity contribution in [3.63, 3.8) is 0 Å². The highest BCUT2D eigenvalue weighted by Gasteiger charge is 2.43. The van der Waals surface area contributed by atoms with Gasteiger partial charge in [-0.05, 0) is 64.0 Å². The Hall–Kier alpha value is -4.00. The van der Waals surface area contributed by atoms with Crippen molar-refractivity contribution in [2.75, 3.05) is 38.1 Å². The maximum absolute atomic E-state index is 13.8. The van der Waals surface area contributed by atoms with Crippen LogP contribution in [-0.4, -0.2) is 65.4 Å². The number of ether oxygens (including phenoxy) is 1. The molecule has 2 atom stereocenters. The van der Waals surface area contributed by atoms with Crippen LogP contribution in [0.3, 0.4) is 0 Å². The minimum Gasteiger partial charge on any atom is -0.507 e. The van der Waals surface area contributed by atoms with Gasteiger partial charge in [0.2, 0.25) is 0 Å². The highest BCUT2D eigenvalue weighted by atomic mass is 35.5. The number of phenols is 2. The summed E-state index contributed by atoms with van der Waals surface area (Å²) in [6, 6.07) is 11.7. The number of aromatic hydroxyl groups is 2. The fourth-order valence-corrected chi connectivity index (χ4v) is 6.74. The molecule has 2 aromatic carbocycles. The Labute approximate surface area is 285 Å². The van der Waals surface area contributed by atoms with Crippen LogP contribution in [0.15, 0.2) is 63.9 Å². The van der Waals surface area contributed by atoms with Crippen LogP contribution in [0, 0.1) is 5.41 Å². The van der Waals surface area contributed by atoms with E-state index < -0.39 is 46.5 Å². The minimum atomic E-state index is -4.57. The van der Waals surface area contributed by atoms with E-state index in [4.69, 9.17) is 20.8 Å². The first-order chi connectivity index (χ1) is 22.2. The maximum atomic E-state index is 13.8. The summed E-state index contributed by atoms with van der Waals surface area (Å²) in [5.41, 5.74) is -1.37. The van der Waals surface area contributed by atoms with Crippen molar-refractivity contribution in [1.29, 1.82) is 0 Å². The summed E-state index contributed by atoms with van der Waals surface area (Å²) in [6.45, 7) is 3.37. The molecular formula is C34H34Cl2F3N3O6. The number of hydrogen-bond acceptors (Lipinski definition) is 9. The standard InChI is InChI=1S/C34H33ClF3N3O6.ClH/c1-33(9-13-41(14-10-33)19-7-11-39-28(15-19)34(36,37)38)32(45)47-27-18-40(2)12-8-21(27)29-23(42)16-24(43)30-25(44)17-26(46-31(29)30)20-5-3-4-6-22(20)35;/h3-7,11,15-17,21,27,42-43H,8-10,12-14,18H2,1-2H3;1H/t21-,27+;/m0./s1. The number of halogens is 5. The summed E-state index contributed by atoms with van der Waals surface area (Å²) >= 11 is 6.39. The van der Waals surface area contributed by atoms with Gasteiger partial charge in [-0.2, -0.15) is 13.2 Å². The number of likely N-dealkylation sites (tertiary alicyclic amines) is 1. The molecule has 2 aliphatic heterocycles. The number of fused-ring (bicyclic) bond motifs is 1. The number of carbonyl (C=O) groups is 1. The molecule has 0 bridgehead atoms. The predicted molar refractivity (Wildman–Crippen MR) is 177 cm³/mol. The third kappa shape index (κ3) is 6.79. The second kappa shape index (κ2) is 13.5. The number of alkyl halides is 3. The lowest BCUT2D eigenvalue weighted by Gasteiger charge is -2.42. The smallest absolute Gasteiger partial charge is 0.433 e. The van der Waals surface area contributed by atoms with Gasteiger partial charge in [-0.15, -0.1) is 12.4 Å². The molecule has 6 rings (SSSR count). The Morgan fingerprint density at radius 1 is 1.08 bits per heavy atom. The third-order valence-electron chi connectivity index (χ3n) is 9.29. The van der Waals surface area contributed by atoms with Gasteiger partial charge in [0, 0.05) is 60.7 Å². The second-order valence-corrected chi connectivity index (χ2v) is 12.9. The molecule has 9 nitrogen and oxygen atoms in total. The van der Waals surface area contributed by atoms with Crippen LogP contribution in [0.5, 0.6) is 11.5 Å². The minimum absolute atomic E-state index is 0. The maximum Gasteiger partial charge on any atom is 0.433 e. The van der Waals surface area contributed by atoms with Gasteiger partial charge in [-0.1, -0.05) is 23.7 Å². The van der Waals surface area contributed by atoms with E-state index >= 15 is 0 Å². The zero-order valence-corrected chi connectivity index (χ0v) is 27.7. The Kier molecular flexibility index (Phi) is 9.92. The quantitative estimate of drug-likeness (QED) is 0.212. The van der Waals surface area contributed by atoms with Crippen LogP contribution in [0.25, 0.3) is 22.3 Å². The number of esters is 1. The fourth-order valence-electron chi connectivity index (χ4n) is 6.51. The van der Waals surface area contributed by atoms with E-state index in [9.17, 15) is 33.0 Å². The lowest BCUT2D eigenvalue weighted by atomic mass is 9.79. The van der Waals surface area contributed by atoms with E-state index in [2.05, 4.69) is 4.98 Å². The fraction of sp³-hybridized carbons (Fsp3) is 0.382. The van der Waals surface area contributed by atoms with Crippen LogP contribution in [0.4, 0.5) is 18.9 Å². The van der Waals surface area contributed by atoms with Gasteiger partial charge < -0.3 is 29.2 Å². The summed E-state index contributed by atoms with van der Waals surface area (Å²) in [4.78, 5) is 34.4. The Balaban J connectivity index is 0.00000451. The first kappa shape index (κ1) is 35.3. The van der Waals surface area contributed by atoms with Crippen molar-refractivity contribution in [1.82, 2.24) is 9.88 Å². The summed E-state index contributed by atoms with van der Waals surface area (Å²) in [5, 5.41) is 22.1. The second-order valence-electron chi connectivity index (χ2n) is 12.5.